The van der Waals surface area contributed by atoms with E-state index in [4.69, 9.17) is 0 Å². The molecule has 0 aromatic heterocycles. The topological polar surface area (TPSA) is 99.3 Å². The molecule has 0 aliphatic rings. The van der Waals surface area contributed by atoms with Crippen molar-refractivity contribution in [3.63, 3.8) is 0 Å². The number of nitrogens with one attached hydrogen (secondary N) is 1. The van der Waals surface area contributed by atoms with Crippen LogP contribution < -0.4 is 5.32 Å². The highest BCUT2D eigenvalue weighted by molar-refractivity contribution is 5.90. The maximum atomic E-state index is 14.0. The average Bonchev–Trinajstić information content (AvgIpc) is 2.89. The van der Waals surface area contributed by atoms with Crippen LogP contribution in [0.2, 0.25) is 0 Å². The lowest BCUT2D eigenvalue weighted by molar-refractivity contribution is -0.146. The van der Waals surface area contributed by atoms with E-state index in [1.54, 1.807) is 19.0 Å². The molecule has 0 aliphatic carbocycles. The summed E-state index contributed by atoms with van der Waals surface area (Å²) < 4.78 is 4.65. The predicted octanol–water partition coefficient (Wildman–Crippen LogP) is 3.57. The van der Waals surface area contributed by atoms with Crippen LogP contribution in [-0.4, -0.2) is 98.4 Å². The third kappa shape index (κ3) is 10.1. The number of amides is 3. The Morgan fingerprint density at radius 1 is 0.927 bits per heavy atom. The van der Waals surface area contributed by atoms with Gasteiger partial charge in [-0.25, -0.2) is 0 Å². The zero-order valence-corrected chi connectivity index (χ0v) is 27.4. The van der Waals surface area contributed by atoms with E-state index in [0.29, 0.717) is 13.0 Å². The minimum atomic E-state index is -0.736. The van der Waals surface area contributed by atoms with E-state index in [2.05, 4.69) is 23.9 Å². The van der Waals surface area contributed by atoms with Gasteiger partial charge >= 0.3 is 5.97 Å². The van der Waals surface area contributed by atoms with Crippen LogP contribution in [0.4, 0.5) is 0 Å². The molecule has 3 atom stereocenters. The Bertz CT molecular complexity index is 1020. The second kappa shape index (κ2) is 15.3. The zero-order valence-electron chi connectivity index (χ0n) is 27.4. The molecule has 0 fully saturated rings. The SMILES string of the molecule is CC[C@H](C(=O)N[C@H](C(=O)N(C)[C@H](CN(C)CC(=O)N(C)CC(=O)OC)C(C)C)C(C)(C)C)C(C)(C)c1ccccc1. The Hall–Kier alpha value is -2.94. The first kappa shape index (κ1) is 36.1. The van der Waals surface area contributed by atoms with E-state index < -0.39 is 22.8 Å². The minimum Gasteiger partial charge on any atom is -0.468 e. The van der Waals surface area contributed by atoms with Crippen molar-refractivity contribution in [2.75, 3.05) is 47.9 Å². The number of benzene rings is 1. The van der Waals surface area contributed by atoms with Crippen molar-refractivity contribution in [3.05, 3.63) is 35.9 Å². The summed E-state index contributed by atoms with van der Waals surface area (Å²) in [5, 5.41) is 3.13. The van der Waals surface area contributed by atoms with E-state index in [9.17, 15) is 19.2 Å². The molecule has 1 aromatic rings. The number of carbonyl (C=O) groups excluding carboxylic acids is 4. The van der Waals surface area contributed by atoms with Gasteiger partial charge in [-0.3, -0.25) is 24.1 Å². The van der Waals surface area contributed by atoms with E-state index in [1.807, 2.05) is 83.8 Å². The first-order valence-electron chi connectivity index (χ1n) is 14.5. The van der Waals surface area contributed by atoms with Crippen LogP contribution in [0.1, 0.15) is 67.4 Å². The number of hydrogen-bond acceptors (Lipinski definition) is 6. The largest absolute Gasteiger partial charge is 0.468 e. The molecule has 0 radical (unpaired) electrons. The van der Waals surface area contributed by atoms with Gasteiger partial charge in [-0.2, -0.15) is 0 Å². The van der Waals surface area contributed by atoms with Gasteiger partial charge in [0.15, 0.2) is 0 Å². The molecular formula is C32H54N4O5. The zero-order chi connectivity index (χ0) is 31.7. The molecule has 41 heavy (non-hydrogen) atoms. The third-order valence-electron chi connectivity index (χ3n) is 8.05. The molecular weight excluding hydrogens is 520 g/mol. The summed E-state index contributed by atoms with van der Waals surface area (Å²) in [4.78, 5) is 56.9. The molecule has 1 aromatic carbocycles. The van der Waals surface area contributed by atoms with Gasteiger partial charge in [-0.05, 0) is 30.4 Å². The molecule has 0 bridgehead atoms. The summed E-state index contributed by atoms with van der Waals surface area (Å²) in [5.41, 5.74) is 0.122. The van der Waals surface area contributed by atoms with Crippen LogP contribution >= 0.6 is 0 Å². The smallest absolute Gasteiger partial charge is 0.325 e. The van der Waals surface area contributed by atoms with E-state index in [-0.39, 0.29) is 48.7 Å². The second-order valence-electron chi connectivity index (χ2n) is 13.1. The molecule has 0 saturated heterocycles. The maximum absolute atomic E-state index is 14.0. The average molecular weight is 575 g/mol. The highest BCUT2D eigenvalue weighted by atomic mass is 16.5. The highest BCUT2D eigenvalue weighted by Crippen LogP contribution is 2.34. The fourth-order valence-corrected chi connectivity index (χ4v) is 5.21. The lowest BCUT2D eigenvalue weighted by atomic mass is 9.71. The number of hydrogen-bond donors (Lipinski definition) is 1. The van der Waals surface area contributed by atoms with Crippen LogP contribution in [0.5, 0.6) is 0 Å². The number of nitrogens with zero attached hydrogens (tertiary/aromatic N) is 3. The second-order valence-corrected chi connectivity index (χ2v) is 13.1. The highest BCUT2D eigenvalue weighted by Gasteiger charge is 2.41. The fraction of sp³-hybridized carbons (Fsp3) is 0.688. The quantitative estimate of drug-likeness (QED) is 0.341. The standard InChI is InChI=1S/C32H54N4O5/c1-13-24(32(7,8)23-17-15-14-16-18-23)29(39)33-28(31(4,5)6)30(40)36(11)25(22(2)3)19-34(9)20-26(37)35(10)21-27(38)41-12/h14-18,22,24-25,28H,13,19-21H2,1-12H3,(H,33,39)/t24-,25-,28-/m1/s1. The Morgan fingerprint density at radius 2 is 1.49 bits per heavy atom. The van der Waals surface area contributed by atoms with Crippen molar-refractivity contribution in [2.45, 2.75) is 79.3 Å². The molecule has 0 aliphatic heterocycles. The molecule has 9 heteroatoms. The molecule has 0 saturated carbocycles. The van der Waals surface area contributed by atoms with Crippen LogP contribution in [0.15, 0.2) is 30.3 Å². The summed E-state index contributed by atoms with van der Waals surface area (Å²) in [5.74, 6) is -1.25. The molecule has 0 heterocycles. The summed E-state index contributed by atoms with van der Waals surface area (Å²) in [6.45, 7) is 16.5. The monoisotopic (exact) mass is 574 g/mol. The summed E-state index contributed by atoms with van der Waals surface area (Å²) in [6.07, 6.45) is 0.631. The summed E-state index contributed by atoms with van der Waals surface area (Å²) >= 11 is 0. The Morgan fingerprint density at radius 3 is 1.95 bits per heavy atom. The van der Waals surface area contributed by atoms with Crippen LogP contribution in [-0.2, 0) is 29.3 Å². The van der Waals surface area contributed by atoms with Gasteiger partial charge in [0.2, 0.25) is 17.7 Å². The first-order chi connectivity index (χ1) is 18.9. The molecule has 9 nitrogen and oxygen atoms in total. The van der Waals surface area contributed by atoms with E-state index in [1.165, 1.54) is 12.0 Å². The number of rotatable bonds is 14. The normalized spacial score (nSPS) is 14.3. The van der Waals surface area contributed by atoms with E-state index in [0.717, 1.165) is 5.56 Å². The van der Waals surface area contributed by atoms with Crippen LogP contribution in [0.25, 0.3) is 0 Å². The number of ether oxygens (including phenoxy) is 1. The van der Waals surface area contributed by atoms with E-state index >= 15 is 0 Å². The Balaban J connectivity index is 3.12. The molecule has 232 valence electrons. The van der Waals surface area contributed by atoms with Gasteiger partial charge in [0.05, 0.1) is 13.7 Å². The lowest BCUT2D eigenvalue weighted by Crippen LogP contribution is -2.59. The number of carbonyl (C=O) groups is 4. The lowest BCUT2D eigenvalue weighted by Gasteiger charge is -2.41. The maximum Gasteiger partial charge on any atom is 0.325 e. The van der Waals surface area contributed by atoms with Gasteiger partial charge in [-0.1, -0.05) is 85.7 Å². The van der Waals surface area contributed by atoms with Gasteiger partial charge < -0.3 is 19.9 Å². The van der Waals surface area contributed by atoms with Crippen molar-refractivity contribution in [2.24, 2.45) is 17.3 Å². The van der Waals surface area contributed by atoms with Crippen molar-refractivity contribution in [1.82, 2.24) is 20.0 Å². The Kier molecular flexibility index (Phi) is 13.5. The summed E-state index contributed by atoms with van der Waals surface area (Å²) in [7, 11) is 6.43. The number of esters is 1. The molecule has 0 spiro atoms. The van der Waals surface area contributed by atoms with Gasteiger partial charge in [0.1, 0.15) is 12.6 Å². The van der Waals surface area contributed by atoms with Crippen LogP contribution in [0.3, 0.4) is 0 Å². The number of methoxy groups -OCH3 is 1. The molecule has 0 unspecified atom stereocenters. The van der Waals surface area contributed by atoms with Crippen molar-refractivity contribution < 1.29 is 23.9 Å². The predicted molar refractivity (Wildman–Crippen MR) is 163 cm³/mol. The van der Waals surface area contributed by atoms with Crippen LogP contribution in [0, 0.1) is 17.3 Å². The first-order valence-corrected chi connectivity index (χ1v) is 14.5. The molecule has 1 rings (SSSR count). The molecule has 1 N–H and O–H groups in total. The molecule has 3 amide bonds. The number of likely N-dealkylation sites (N-methyl/N-ethyl adjacent to an activating group) is 3. The van der Waals surface area contributed by atoms with Gasteiger partial charge in [-0.15, -0.1) is 0 Å². The van der Waals surface area contributed by atoms with Gasteiger partial charge in [0, 0.05) is 38.0 Å². The third-order valence-corrected chi connectivity index (χ3v) is 8.05. The minimum absolute atomic E-state index is 0.0882. The summed E-state index contributed by atoms with van der Waals surface area (Å²) in [6, 6.07) is 9.05. The van der Waals surface area contributed by atoms with Crippen molar-refractivity contribution in [1.29, 1.82) is 0 Å². The Labute approximate surface area is 248 Å². The van der Waals surface area contributed by atoms with Crippen molar-refractivity contribution in [3.8, 4) is 0 Å². The fourth-order valence-electron chi connectivity index (χ4n) is 5.21. The van der Waals surface area contributed by atoms with Gasteiger partial charge in [0.25, 0.3) is 0 Å². The van der Waals surface area contributed by atoms with Crippen molar-refractivity contribution >= 4 is 23.7 Å².